The van der Waals surface area contributed by atoms with Crippen LogP contribution in [0.5, 0.6) is 0 Å². The van der Waals surface area contributed by atoms with Gasteiger partial charge in [-0.2, -0.15) is 5.26 Å². The highest BCUT2D eigenvalue weighted by Crippen LogP contribution is 2.25. The van der Waals surface area contributed by atoms with Crippen molar-refractivity contribution in [1.82, 2.24) is 9.97 Å². The van der Waals surface area contributed by atoms with Crippen molar-refractivity contribution < 1.29 is 4.39 Å². The van der Waals surface area contributed by atoms with Gasteiger partial charge in [-0.25, -0.2) is 4.39 Å². The summed E-state index contributed by atoms with van der Waals surface area (Å²) in [6.45, 7) is 0. The van der Waals surface area contributed by atoms with Crippen LogP contribution in [0.2, 0.25) is 0 Å². The third-order valence-corrected chi connectivity index (χ3v) is 3.22. The number of pyridine rings is 2. The summed E-state index contributed by atoms with van der Waals surface area (Å²) in [5.74, 6) is -0.430. The Morgan fingerprint density at radius 1 is 1.14 bits per heavy atom. The molecule has 0 aliphatic heterocycles. The molecule has 0 unspecified atom stereocenters. The van der Waals surface area contributed by atoms with E-state index in [2.05, 4.69) is 9.97 Å². The van der Waals surface area contributed by atoms with Gasteiger partial charge in [-0.15, -0.1) is 0 Å². The Bertz CT molecular complexity index is 927. The molecule has 5 heteroatoms. The van der Waals surface area contributed by atoms with Crippen LogP contribution >= 0.6 is 0 Å². The third kappa shape index (κ3) is 2.50. The van der Waals surface area contributed by atoms with Gasteiger partial charge >= 0.3 is 0 Å². The largest absolute Gasteiger partial charge is 0.319 e. The van der Waals surface area contributed by atoms with Crippen LogP contribution in [-0.2, 0) is 0 Å². The first kappa shape index (κ1) is 13.7. The van der Waals surface area contributed by atoms with E-state index >= 15 is 0 Å². The van der Waals surface area contributed by atoms with Gasteiger partial charge in [0.1, 0.15) is 17.4 Å². The SMILES string of the molecule is N#Cc1c(-c2cccc(F)c2)cc(-c2ccccn2)[nH]c1=O. The van der Waals surface area contributed by atoms with Crippen molar-refractivity contribution in [2.45, 2.75) is 0 Å². The molecular formula is C17H10FN3O. The van der Waals surface area contributed by atoms with Crippen molar-refractivity contribution in [2.24, 2.45) is 0 Å². The summed E-state index contributed by atoms with van der Waals surface area (Å²) >= 11 is 0. The lowest BCUT2D eigenvalue weighted by molar-refractivity contribution is 0.628. The highest BCUT2D eigenvalue weighted by Gasteiger charge is 2.13. The summed E-state index contributed by atoms with van der Waals surface area (Å²) in [5.41, 5.74) is 1.33. The zero-order valence-electron chi connectivity index (χ0n) is 11.4. The molecule has 1 N–H and O–H groups in total. The average Bonchev–Trinajstić information content (AvgIpc) is 2.55. The standard InChI is InChI=1S/C17H10FN3O/c18-12-5-3-4-11(8-12)13-9-16(15-6-1-2-7-20-15)21-17(22)14(13)10-19/h1-9H,(H,21,22). The van der Waals surface area contributed by atoms with Crippen LogP contribution < -0.4 is 5.56 Å². The Balaban J connectivity index is 2.27. The van der Waals surface area contributed by atoms with Crippen molar-refractivity contribution in [3.05, 3.63) is 76.5 Å². The van der Waals surface area contributed by atoms with Crippen LogP contribution in [0.4, 0.5) is 4.39 Å². The molecule has 0 amide bonds. The van der Waals surface area contributed by atoms with E-state index in [9.17, 15) is 14.4 Å². The highest BCUT2D eigenvalue weighted by molar-refractivity contribution is 5.74. The fourth-order valence-electron chi connectivity index (χ4n) is 2.21. The topological polar surface area (TPSA) is 69.5 Å². The Morgan fingerprint density at radius 2 is 2.00 bits per heavy atom. The van der Waals surface area contributed by atoms with Gasteiger partial charge in [0, 0.05) is 11.8 Å². The summed E-state index contributed by atoms with van der Waals surface area (Å²) in [5, 5.41) is 9.21. The van der Waals surface area contributed by atoms with Crippen LogP contribution in [0.1, 0.15) is 5.56 Å². The van der Waals surface area contributed by atoms with Crippen LogP contribution in [0, 0.1) is 17.1 Å². The summed E-state index contributed by atoms with van der Waals surface area (Å²) in [6.07, 6.45) is 1.60. The van der Waals surface area contributed by atoms with Gasteiger partial charge in [-0.3, -0.25) is 9.78 Å². The number of aromatic amines is 1. The van der Waals surface area contributed by atoms with Crippen LogP contribution in [0.25, 0.3) is 22.5 Å². The van der Waals surface area contributed by atoms with Crippen LogP contribution in [0.15, 0.2) is 59.5 Å². The number of nitrogens with one attached hydrogen (secondary N) is 1. The lowest BCUT2D eigenvalue weighted by Crippen LogP contribution is -2.13. The fourth-order valence-corrected chi connectivity index (χ4v) is 2.21. The number of H-pyrrole nitrogens is 1. The molecule has 4 nitrogen and oxygen atoms in total. The number of rotatable bonds is 2. The van der Waals surface area contributed by atoms with E-state index in [1.165, 1.54) is 18.2 Å². The fraction of sp³-hybridized carbons (Fsp3) is 0. The summed E-state index contributed by atoms with van der Waals surface area (Å²) in [7, 11) is 0. The van der Waals surface area contributed by atoms with E-state index in [0.29, 0.717) is 22.5 Å². The monoisotopic (exact) mass is 291 g/mol. The molecule has 106 valence electrons. The first-order valence-electron chi connectivity index (χ1n) is 6.54. The lowest BCUT2D eigenvalue weighted by atomic mass is 10.00. The van der Waals surface area contributed by atoms with E-state index in [1.54, 1.807) is 36.5 Å². The predicted molar refractivity (Wildman–Crippen MR) is 80.4 cm³/mol. The van der Waals surface area contributed by atoms with E-state index in [1.807, 2.05) is 6.07 Å². The van der Waals surface area contributed by atoms with Gasteiger partial charge < -0.3 is 4.98 Å². The van der Waals surface area contributed by atoms with E-state index in [4.69, 9.17) is 0 Å². The highest BCUT2D eigenvalue weighted by atomic mass is 19.1. The maximum Gasteiger partial charge on any atom is 0.267 e. The molecule has 0 aliphatic rings. The van der Waals surface area contributed by atoms with Crippen molar-refractivity contribution >= 4 is 0 Å². The smallest absolute Gasteiger partial charge is 0.267 e. The maximum atomic E-state index is 13.4. The van der Waals surface area contributed by atoms with Gasteiger partial charge in [0.15, 0.2) is 0 Å². The molecule has 0 saturated carbocycles. The maximum absolute atomic E-state index is 13.4. The van der Waals surface area contributed by atoms with Crippen molar-refractivity contribution in [1.29, 1.82) is 5.26 Å². The predicted octanol–water partition coefficient (Wildman–Crippen LogP) is 3.11. The van der Waals surface area contributed by atoms with Gasteiger partial charge in [-0.1, -0.05) is 18.2 Å². The normalized spacial score (nSPS) is 10.2. The van der Waals surface area contributed by atoms with Crippen LogP contribution in [-0.4, -0.2) is 9.97 Å². The molecule has 0 saturated heterocycles. The summed E-state index contributed by atoms with van der Waals surface area (Å²) in [6, 6.07) is 14.6. The lowest BCUT2D eigenvalue weighted by Gasteiger charge is -2.07. The van der Waals surface area contributed by atoms with Crippen molar-refractivity contribution in [3.63, 3.8) is 0 Å². The zero-order valence-corrected chi connectivity index (χ0v) is 11.4. The second kappa shape index (κ2) is 5.62. The van der Waals surface area contributed by atoms with Gasteiger partial charge in [0.25, 0.3) is 5.56 Å². The molecule has 3 rings (SSSR count). The molecule has 1 aromatic carbocycles. The van der Waals surface area contributed by atoms with Crippen LogP contribution in [0.3, 0.4) is 0 Å². The molecule has 2 heterocycles. The number of hydrogen-bond acceptors (Lipinski definition) is 3. The Kier molecular flexibility index (Phi) is 3.50. The summed E-state index contributed by atoms with van der Waals surface area (Å²) in [4.78, 5) is 18.9. The van der Waals surface area contributed by atoms with E-state index in [0.717, 1.165) is 0 Å². The van der Waals surface area contributed by atoms with Gasteiger partial charge in [0.2, 0.25) is 0 Å². The Labute approximate surface area is 125 Å². The molecule has 2 aromatic heterocycles. The second-order valence-electron chi connectivity index (χ2n) is 4.64. The molecule has 0 spiro atoms. The van der Waals surface area contributed by atoms with Gasteiger partial charge in [0.05, 0.1) is 11.4 Å². The molecule has 0 radical (unpaired) electrons. The second-order valence-corrected chi connectivity index (χ2v) is 4.64. The Morgan fingerprint density at radius 3 is 2.68 bits per heavy atom. The molecule has 0 atom stereocenters. The molecule has 0 aliphatic carbocycles. The number of halogens is 1. The zero-order chi connectivity index (χ0) is 15.5. The van der Waals surface area contributed by atoms with E-state index in [-0.39, 0.29) is 5.56 Å². The molecule has 3 aromatic rings. The Hall–Kier alpha value is -3.26. The average molecular weight is 291 g/mol. The molecule has 0 fully saturated rings. The minimum Gasteiger partial charge on any atom is -0.319 e. The number of benzene rings is 1. The van der Waals surface area contributed by atoms with Crippen molar-refractivity contribution in [2.75, 3.05) is 0 Å². The number of hydrogen-bond donors (Lipinski definition) is 1. The molecule has 0 bridgehead atoms. The van der Waals surface area contributed by atoms with Crippen molar-refractivity contribution in [3.8, 4) is 28.6 Å². The summed E-state index contributed by atoms with van der Waals surface area (Å²) < 4.78 is 13.4. The first-order valence-corrected chi connectivity index (χ1v) is 6.54. The number of nitrogens with zero attached hydrogens (tertiary/aromatic N) is 2. The minimum absolute atomic E-state index is 0.0507. The first-order chi connectivity index (χ1) is 10.7. The quantitative estimate of drug-likeness (QED) is 0.788. The number of nitriles is 1. The third-order valence-electron chi connectivity index (χ3n) is 3.22. The van der Waals surface area contributed by atoms with Gasteiger partial charge in [-0.05, 0) is 35.9 Å². The molecule has 22 heavy (non-hydrogen) atoms. The molecular weight excluding hydrogens is 281 g/mol. The van der Waals surface area contributed by atoms with E-state index < -0.39 is 11.4 Å². The minimum atomic E-state index is -0.523. The number of aromatic nitrogens is 2.